The molecule has 0 radical (unpaired) electrons. The topological polar surface area (TPSA) is 113 Å². The van der Waals surface area contributed by atoms with Crippen molar-refractivity contribution in [2.24, 2.45) is 0 Å². The van der Waals surface area contributed by atoms with E-state index in [1.807, 2.05) is 5.32 Å². The zero-order valence-electron chi connectivity index (χ0n) is 9.52. The Morgan fingerprint density at radius 1 is 1.24 bits per heavy atom. The van der Waals surface area contributed by atoms with Gasteiger partial charge in [-0.25, -0.2) is 4.79 Å². The van der Waals surface area contributed by atoms with E-state index < -0.39 is 28.7 Å². The summed E-state index contributed by atoms with van der Waals surface area (Å²) in [6.07, 6.45) is 1.57. The predicted molar refractivity (Wildman–Crippen MR) is 62.0 cm³/mol. The van der Waals surface area contributed by atoms with Gasteiger partial charge in [0.2, 0.25) is 5.91 Å². The maximum Gasteiger partial charge on any atom is 0.321 e. The molecule has 0 heterocycles. The number of hydrogen-bond donors (Lipinski definition) is 3. The highest BCUT2D eigenvalue weighted by atomic mass is 32.2. The molecule has 1 unspecified atom stereocenters. The van der Waals surface area contributed by atoms with Gasteiger partial charge in [0.05, 0.1) is 6.42 Å². The first-order chi connectivity index (χ1) is 7.91. The minimum absolute atomic E-state index is 0.234. The normalized spacial score (nSPS) is 11.6. The zero-order valence-corrected chi connectivity index (χ0v) is 10.3. The fourth-order valence-corrected chi connectivity index (χ4v) is 1.48. The molecule has 98 valence electrons. The minimum Gasteiger partial charge on any atom is -0.481 e. The highest BCUT2D eigenvalue weighted by Gasteiger charge is 2.08. The molecule has 7 nitrogen and oxygen atoms in total. The van der Waals surface area contributed by atoms with Crippen molar-refractivity contribution in [3.8, 4) is 0 Å². The zero-order chi connectivity index (χ0) is 13.3. The molecule has 3 amide bonds. The molecule has 0 spiro atoms. The van der Waals surface area contributed by atoms with Gasteiger partial charge in [-0.1, -0.05) is 0 Å². The smallest absolute Gasteiger partial charge is 0.321 e. The van der Waals surface area contributed by atoms with E-state index in [0.717, 1.165) is 0 Å². The Kier molecular flexibility index (Phi) is 7.95. The first-order valence-corrected chi connectivity index (χ1v) is 6.74. The number of carbonyl (C=O) groups is 3. The molecular formula is C9H16N2O5S. The van der Waals surface area contributed by atoms with Gasteiger partial charge in [0.25, 0.3) is 0 Å². The second-order valence-corrected chi connectivity index (χ2v) is 4.88. The molecule has 1 atom stereocenters. The van der Waals surface area contributed by atoms with Crippen molar-refractivity contribution in [2.45, 2.75) is 19.3 Å². The van der Waals surface area contributed by atoms with Crippen LogP contribution in [-0.2, 0) is 20.4 Å². The average Bonchev–Trinajstić information content (AvgIpc) is 2.21. The maximum absolute atomic E-state index is 11.1. The summed E-state index contributed by atoms with van der Waals surface area (Å²) in [4.78, 5) is 32.2. The highest BCUT2D eigenvalue weighted by Crippen LogP contribution is 1.88. The van der Waals surface area contributed by atoms with Gasteiger partial charge in [-0.2, -0.15) is 0 Å². The van der Waals surface area contributed by atoms with Crippen LogP contribution >= 0.6 is 0 Å². The average molecular weight is 264 g/mol. The molecule has 8 heteroatoms. The molecular weight excluding hydrogens is 248 g/mol. The van der Waals surface area contributed by atoms with Crippen molar-refractivity contribution in [1.82, 2.24) is 10.6 Å². The van der Waals surface area contributed by atoms with Crippen LogP contribution in [0.3, 0.4) is 0 Å². The monoisotopic (exact) mass is 264 g/mol. The number of carboxylic acid groups (broad SMARTS) is 1. The molecule has 0 aliphatic rings. The van der Waals surface area contributed by atoms with Gasteiger partial charge < -0.3 is 10.4 Å². The number of amides is 3. The molecule has 0 rings (SSSR count). The van der Waals surface area contributed by atoms with E-state index in [1.54, 1.807) is 6.26 Å². The lowest BCUT2D eigenvalue weighted by Crippen LogP contribution is -2.40. The number of nitrogens with one attached hydrogen (secondary N) is 2. The lowest BCUT2D eigenvalue weighted by Gasteiger charge is -2.05. The molecule has 0 aliphatic heterocycles. The van der Waals surface area contributed by atoms with E-state index in [-0.39, 0.29) is 12.8 Å². The Balaban J connectivity index is 3.60. The highest BCUT2D eigenvalue weighted by molar-refractivity contribution is 7.84. The number of urea groups is 1. The van der Waals surface area contributed by atoms with Crippen LogP contribution in [0.2, 0.25) is 0 Å². The Hall–Kier alpha value is -1.44. The summed E-state index contributed by atoms with van der Waals surface area (Å²) in [6, 6.07) is -0.665. The molecule has 0 bridgehead atoms. The van der Waals surface area contributed by atoms with Gasteiger partial charge >= 0.3 is 12.0 Å². The van der Waals surface area contributed by atoms with Crippen LogP contribution < -0.4 is 10.6 Å². The van der Waals surface area contributed by atoms with Crippen LogP contribution in [-0.4, -0.2) is 45.8 Å². The largest absolute Gasteiger partial charge is 0.481 e. The molecule has 0 aliphatic carbocycles. The van der Waals surface area contributed by atoms with Crippen LogP contribution in [0.4, 0.5) is 4.79 Å². The molecule has 3 N–H and O–H groups in total. The van der Waals surface area contributed by atoms with Crippen molar-refractivity contribution in [1.29, 1.82) is 0 Å². The van der Waals surface area contributed by atoms with E-state index >= 15 is 0 Å². The molecule has 0 aromatic carbocycles. The third kappa shape index (κ3) is 10.8. The standard InChI is InChI=1S/C9H16N2O5S/c1-17(16)6-2-5-10-9(15)11-7(12)3-4-8(13)14/h2-6H2,1H3,(H,13,14)(H2,10,11,12,15). The van der Waals surface area contributed by atoms with Crippen LogP contribution in [0.25, 0.3) is 0 Å². The van der Waals surface area contributed by atoms with Crippen molar-refractivity contribution in [2.75, 3.05) is 18.6 Å². The van der Waals surface area contributed by atoms with E-state index in [9.17, 15) is 18.6 Å². The van der Waals surface area contributed by atoms with Gasteiger partial charge in [0.15, 0.2) is 0 Å². The van der Waals surface area contributed by atoms with Gasteiger partial charge in [0.1, 0.15) is 0 Å². The molecule has 0 fully saturated rings. The summed E-state index contributed by atoms with van der Waals surface area (Å²) < 4.78 is 10.7. The Labute approximate surface area is 101 Å². The van der Waals surface area contributed by atoms with E-state index in [1.165, 1.54) is 0 Å². The second-order valence-electron chi connectivity index (χ2n) is 3.33. The van der Waals surface area contributed by atoms with Crippen LogP contribution in [0.1, 0.15) is 19.3 Å². The van der Waals surface area contributed by atoms with E-state index in [2.05, 4.69) is 5.32 Å². The third-order valence-electron chi connectivity index (χ3n) is 1.71. The molecule has 0 aromatic heterocycles. The quantitative estimate of drug-likeness (QED) is 0.534. The Morgan fingerprint density at radius 2 is 1.88 bits per heavy atom. The number of rotatable bonds is 7. The van der Waals surface area contributed by atoms with Crippen molar-refractivity contribution < 1.29 is 23.7 Å². The fraction of sp³-hybridized carbons (Fsp3) is 0.667. The maximum atomic E-state index is 11.1. The minimum atomic E-state index is -1.09. The van der Waals surface area contributed by atoms with Gasteiger partial charge in [-0.15, -0.1) is 0 Å². The summed E-state index contributed by atoms with van der Waals surface area (Å²) in [5.41, 5.74) is 0. The summed E-state index contributed by atoms with van der Waals surface area (Å²) in [5, 5.41) is 12.7. The summed E-state index contributed by atoms with van der Waals surface area (Å²) in [5.74, 6) is -1.25. The van der Waals surface area contributed by atoms with Crippen molar-refractivity contribution >= 4 is 28.7 Å². The molecule has 17 heavy (non-hydrogen) atoms. The first-order valence-electron chi connectivity index (χ1n) is 5.01. The fourth-order valence-electron chi connectivity index (χ4n) is 0.931. The van der Waals surface area contributed by atoms with Gasteiger partial charge in [-0.05, 0) is 6.42 Å². The second kappa shape index (κ2) is 8.68. The van der Waals surface area contributed by atoms with Gasteiger partial charge in [-0.3, -0.25) is 19.1 Å². The lowest BCUT2D eigenvalue weighted by molar-refractivity contribution is -0.138. The number of hydrogen-bond acceptors (Lipinski definition) is 4. The number of aliphatic carboxylic acids is 1. The molecule has 0 aromatic rings. The van der Waals surface area contributed by atoms with Gasteiger partial charge in [0, 0.05) is 35.8 Å². The number of carbonyl (C=O) groups excluding carboxylic acids is 2. The third-order valence-corrected chi connectivity index (χ3v) is 2.58. The first kappa shape index (κ1) is 15.6. The lowest BCUT2D eigenvalue weighted by atomic mass is 10.3. The van der Waals surface area contributed by atoms with Crippen LogP contribution in [0.15, 0.2) is 0 Å². The summed E-state index contributed by atoms with van der Waals surface area (Å²) in [6.45, 7) is 0.317. The van der Waals surface area contributed by atoms with E-state index in [4.69, 9.17) is 5.11 Å². The van der Waals surface area contributed by atoms with Crippen LogP contribution in [0.5, 0.6) is 0 Å². The SMILES string of the molecule is CS(=O)CCCNC(=O)NC(=O)CCC(=O)O. The van der Waals surface area contributed by atoms with Crippen molar-refractivity contribution in [3.63, 3.8) is 0 Å². The Bertz CT molecular complexity index is 319. The number of carboxylic acids is 1. The molecule has 0 saturated carbocycles. The predicted octanol–water partition coefficient (Wildman–Crippen LogP) is -0.554. The van der Waals surface area contributed by atoms with Crippen molar-refractivity contribution in [3.05, 3.63) is 0 Å². The molecule has 0 saturated heterocycles. The van der Waals surface area contributed by atoms with Crippen LogP contribution in [0, 0.1) is 0 Å². The number of imide groups is 1. The summed E-state index contributed by atoms with van der Waals surface area (Å²) >= 11 is 0. The Morgan fingerprint density at radius 3 is 2.41 bits per heavy atom. The van der Waals surface area contributed by atoms with E-state index in [0.29, 0.717) is 18.7 Å². The summed E-state index contributed by atoms with van der Waals surface area (Å²) in [7, 11) is -0.903.